The van der Waals surface area contributed by atoms with Crippen LogP contribution in [0.4, 0.5) is 0 Å². The molecule has 0 fully saturated rings. The van der Waals surface area contributed by atoms with Crippen LogP contribution in [0.2, 0.25) is 0 Å². The molecular formula is C18H14O6. The summed E-state index contributed by atoms with van der Waals surface area (Å²) in [5.41, 5.74) is 0.248. The fourth-order valence-corrected chi connectivity index (χ4v) is 2.79. The van der Waals surface area contributed by atoms with Gasteiger partial charge < -0.3 is 14.3 Å². The van der Waals surface area contributed by atoms with Gasteiger partial charge >= 0.3 is 5.97 Å². The number of furan rings is 1. The van der Waals surface area contributed by atoms with E-state index in [9.17, 15) is 19.5 Å². The van der Waals surface area contributed by atoms with Crippen LogP contribution in [0.3, 0.4) is 0 Å². The highest BCUT2D eigenvalue weighted by atomic mass is 16.5. The van der Waals surface area contributed by atoms with E-state index in [1.807, 2.05) is 0 Å². The Balaban J connectivity index is 2.17. The Hall–Kier alpha value is -3.15. The molecule has 1 aliphatic carbocycles. The Morgan fingerprint density at radius 1 is 1.12 bits per heavy atom. The summed E-state index contributed by atoms with van der Waals surface area (Å²) in [6, 6.07) is 9.46. The Labute approximate surface area is 137 Å². The second kappa shape index (κ2) is 6.16. The third-order valence-corrected chi connectivity index (χ3v) is 3.97. The number of ketones is 2. The van der Waals surface area contributed by atoms with Crippen molar-refractivity contribution < 1.29 is 28.6 Å². The number of ether oxygens (including phenoxy) is 1. The van der Waals surface area contributed by atoms with Gasteiger partial charge in [0.15, 0.2) is 0 Å². The lowest BCUT2D eigenvalue weighted by Gasteiger charge is -2.22. The number of methoxy groups -OCH3 is 1. The lowest BCUT2D eigenvalue weighted by Crippen LogP contribution is -2.28. The molecule has 0 spiro atoms. The number of carbonyl (C=O) groups is 3. The van der Waals surface area contributed by atoms with Gasteiger partial charge in [0.05, 0.1) is 31.3 Å². The van der Waals surface area contributed by atoms with Crippen molar-refractivity contribution in [3.63, 3.8) is 0 Å². The van der Waals surface area contributed by atoms with Crippen molar-refractivity contribution in [2.75, 3.05) is 7.11 Å². The molecule has 0 bridgehead atoms. The summed E-state index contributed by atoms with van der Waals surface area (Å²) in [6.45, 7) is 0. The number of carbonyl (C=O) groups excluding carboxylic acids is 3. The smallest absolute Gasteiger partial charge is 0.306 e. The summed E-state index contributed by atoms with van der Waals surface area (Å²) < 4.78 is 9.95. The maximum atomic E-state index is 12.5. The van der Waals surface area contributed by atoms with Gasteiger partial charge in [-0.05, 0) is 12.1 Å². The summed E-state index contributed by atoms with van der Waals surface area (Å²) in [5, 5.41) is 10.6. The second-order valence-corrected chi connectivity index (χ2v) is 5.31. The molecule has 1 aromatic heterocycles. The monoisotopic (exact) mass is 326 g/mol. The SMILES string of the molecule is COC(=O)C[C@H](C1=C(O)c2ccccc2C(=O)C1=O)c1ccco1. The number of hydrogen-bond acceptors (Lipinski definition) is 6. The van der Waals surface area contributed by atoms with E-state index < -0.39 is 23.5 Å². The Morgan fingerprint density at radius 2 is 1.83 bits per heavy atom. The molecule has 0 saturated carbocycles. The molecule has 0 saturated heterocycles. The van der Waals surface area contributed by atoms with Crippen LogP contribution in [-0.4, -0.2) is 29.8 Å². The van der Waals surface area contributed by atoms with Gasteiger partial charge in [-0.15, -0.1) is 0 Å². The van der Waals surface area contributed by atoms with Crippen molar-refractivity contribution in [2.45, 2.75) is 12.3 Å². The fourth-order valence-electron chi connectivity index (χ4n) is 2.79. The van der Waals surface area contributed by atoms with E-state index in [1.165, 1.54) is 19.4 Å². The van der Waals surface area contributed by atoms with Gasteiger partial charge in [-0.2, -0.15) is 0 Å². The zero-order valence-corrected chi connectivity index (χ0v) is 12.8. The van der Waals surface area contributed by atoms with Crippen LogP contribution in [0.5, 0.6) is 0 Å². The number of rotatable bonds is 4. The topological polar surface area (TPSA) is 93.8 Å². The molecule has 6 heteroatoms. The summed E-state index contributed by atoms with van der Waals surface area (Å²) in [6.07, 6.45) is 1.16. The summed E-state index contributed by atoms with van der Waals surface area (Å²) in [4.78, 5) is 36.6. The number of esters is 1. The summed E-state index contributed by atoms with van der Waals surface area (Å²) >= 11 is 0. The third kappa shape index (κ3) is 2.52. The highest BCUT2D eigenvalue weighted by Gasteiger charge is 2.39. The standard InChI is InChI=1S/C18H14O6/c1-23-14(19)9-12(13-7-4-8-24-13)15-16(20)10-5-2-3-6-11(10)17(21)18(15)22/h2-8,12,20H,9H2,1H3/t12-/m0/s1. The number of aliphatic hydroxyl groups is 1. The van der Waals surface area contributed by atoms with Gasteiger partial charge in [0.25, 0.3) is 0 Å². The maximum absolute atomic E-state index is 12.5. The second-order valence-electron chi connectivity index (χ2n) is 5.31. The van der Waals surface area contributed by atoms with Gasteiger partial charge in [0.1, 0.15) is 11.5 Å². The average molecular weight is 326 g/mol. The first-order chi connectivity index (χ1) is 11.5. The fraction of sp³-hybridized carbons (Fsp3) is 0.167. The first-order valence-electron chi connectivity index (χ1n) is 7.26. The molecular weight excluding hydrogens is 312 g/mol. The van der Waals surface area contributed by atoms with Gasteiger partial charge in [-0.3, -0.25) is 14.4 Å². The molecule has 24 heavy (non-hydrogen) atoms. The normalized spacial score (nSPS) is 15.2. The molecule has 1 heterocycles. The minimum absolute atomic E-state index is 0.139. The van der Waals surface area contributed by atoms with Crippen molar-refractivity contribution in [1.29, 1.82) is 0 Å². The summed E-state index contributed by atoms with van der Waals surface area (Å²) in [7, 11) is 1.22. The molecule has 1 aliphatic rings. The Morgan fingerprint density at radius 3 is 2.46 bits per heavy atom. The Kier molecular flexibility index (Phi) is 4.04. The zero-order valence-electron chi connectivity index (χ0n) is 12.8. The van der Waals surface area contributed by atoms with Crippen LogP contribution in [-0.2, 0) is 14.3 Å². The van der Waals surface area contributed by atoms with Crippen molar-refractivity contribution in [3.8, 4) is 0 Å². The number of hydrogen-bond donors (Lipinski definition) is 1. The van der Waals surface area contributed by atoms with Gasteiger partial charge in [0, 0.05) is 11.1 Å². The first-order valence-corrected chi connectivity index (χ1v) is 7.26. The van der Waals surface area contributed by atoms with Gasteiger partial charge in [0.2, 0.25) is 11.6 Å². The first kappa shape index (κ1) is 15.7. The number of Topliss-reactive ketones (excluding diaryl/α,β-unsaturated/α-hetero) is 2. The number of allylic oxidation sites excluding steroid dienone is 1. The van der Waals surface area contributed by atoms with E-state index in [2.05, 4.69) is 4.74 Å². The van der Waals surface area contributed by atoms with Crippen LogP contribution < -0.4 is 0 Å². The van der Waals surface area contributed by atoms with Crippen LogP contribution in [0, 0.1) is 0 Å². The predicted molar refractivity (Wildman–Crippen MR) is 83.4 cm³/mol. The number of fused-ring (bicyclic) bond motifs is 1. The molecule has 0 amide bonds. The molecule has 0 aliphatic heterocycles. The van der Waals surface area contributed by atoms with E-state index in [0.717, 1.165) is 0 Å². The molecule has 0 unspecified atom stereocenters. The van der Waals surface area contributed by atoms with Crippen molar-refractivity contribution >= 4 is 23.3 Å². The minimum Gasteiger partial charge on any atom is -0.507 e. The molecule has 1 atom stereocenters. The van der Waals surface area contributed by atoms with E-state index in [1.54, 1.807) is 30.3 Å². The largest absolute Gasteiger partial charge is 0.507 e. The van der Waals surface area contributed by atoms with Crippen molar-refractivity contribution in [3.05, 3.63) is 65.1 Å². The Bertz CT molecular complexity index is 844. The third-order valence-electron chi connectivity index (χ3n) is 3.97. The highest BCUT2D eigenvalue weighted by Crippen LogP contribution is 2.38. The number of aliphatic hydroxyl groups excluding tert-OH is 1. The lowest BCUT2D eigenvalue weighted by atomic mass is 9.80. The van der Waals surface area contributed by atoms with E-state index >= 15 is 0 Å². The predicted octanol–water partition coefficient (Wildman–Crippen LogP) is 2.66. The molecule has 1 N–H and O–H groups in total. The van der Waals surface area contributed by atoms with Gasteiger partial charge in [-0.25, -0.2) is 0 Å². The van der Waals surface area contributed by atoms with Crippen molar-refractivity contribution in [2.24, 2.45) is 0 Å². The molecule has 1 aromatic carbocycles. The van der Waals surface area contributed by atoms with E-state index in [-0.39, 0.29) is 28.9 Å². The summed E-state index contributed by atoms with van der Waals surface area (Å²) in [5.74, 6) is -3.09. The molecule has 122 valence electrons. The quantitative estimate of drug-likeness (QED) is 0.686. The van der Waals surface area contributed by atoms with E-state index in [4.69, 9.17) is 4.42 Å². The molecule has 0 radical (unpaired) electrons. The molecule has 6 nitrogen and oxygen atoms in total. The minimum atomic E-state index is -0.905. The molecule has 3 rings (SSSR count). The van der Waals surface area contributed by atoms with Gasteiger partial charge in [-0.1, -0.05) is 24.3 Å². The van der Waals surface area contributed by atoms with Crippen molar-refractivity contribution in [1.82, 2.24) is 0 Å². The van der Waals surface area contributed by atoms with E-state index in [0.29, 0.717) is 5.76 Å². The van der Waals surface area contributed by atoms with Crippen LogP contribution in [0.15, 0.2) is 52.7 Å². The zero-order chi connectivity index (χ0) is 17.3. The number of benzene rings is 1. The molecule has 2 aromatic rings. The van der Waals surface area contributed by atoms with Crippen LogP contribution >= 0.6 is 0 Å². The maximum Gasteiger partial charge on any atom is 0.306 e. The van der Waals surface area contributed by atoms with Crippen LogP contribution in [0.1, 0.15) is 34.0 Å². The lowest BCUT2D eigenvalue weighted by molar-refractivity contribution is -0.141. The average Bonchev–Trinajstić information content (AvgIpc) is 3.13. The highest BCUT2D eigenvalue weighted by molar-refractivity contribution is 6.52. The van der Waals surface area contributed by atoms with Crippen LogP contribution in [0.25, 0.3) is 5.76 Å².